The highest BCUT2D eigenvalue weighted by Gasteiger charge is 2.38. The highest BCUT2D eigenvalue weighted by atomic mass is 16.5. The zero-order chi connectivity index (χ0) is 18.9. The molecule has 1 aliphatic heterocycles. The molecule has 0 saturated heterocycles. The molecule has 4 nitrogen and oxygen atoms in total. The molecule has 1 aromatic heterocycles. The molecule has 0 radical (unpaired) electrons. The van der Waals surface area contributed by atoms with Gasteiger partial charge in [0, 0.05) is 17.7 Å². The lowest BCUT2D eigenvalue weighted by molar-refractivity contribution is -0.0392. The molecule has 25 heavy (non-hydrogen) atoms. The second kappa shape index (κ2) is 10.1. The molecule has 138 valence electrons. The van der Waals surface area contributed by atoms with Gasteiger partial charge in [-0.05, 0) is 32.9 Å². The zero-order valence-electron chi connectivity index (χ0n) is 16.7. The molecule has 0 saturated carbocycles. The number of aryl methyl sites for hydroxylation is 2. The standard InChI is InChI=1S/C17H20N2O2.2C2H6/c1-12-15-11-21-17(3,16(15)19-13(2)18-12)9-10-20-14-7-5-4-6-8-14;2*1-2/h4-8H,9-11H2,1-3H3;2*1-2H3. The minimum Gasteiger partial charge on any atom is -0.493 e. The lowest BCUT2D eigenvalue weighted by Gasteiger charge is -2.24. The van der Waals surface area contributed by atoms with Gasteiger partial charge in [-0.25, -0.2) is 9.97 Å². The minimum atomic E-state index is -0.386. The maximum absolute atomic E-state index is 6.00. The number of rotatable bonds is 4. The summed E-state index contributed by atoms with van der Waals surface area (Å²) in [7, 11) is 0. The lowest BCUT2D eigenvalue weighted by Crippen LogP contribution is -2.25. The van der Waals surface area contributed by atoms with E-state index in [4.69, 9.17) is 9.47 Å². The van der Waals surface area contributed by atoms with Crippen LogP contribution in [0.2, 0.25) is 0 Å². The first-order chi connectivity index (χ1) is 12.1. The van der Waals surface area contributed by atoms with Crippen molar-refractivity contribution < 1.29 is 9.47 Å². The normalized spacial score (nSPS) is 17.6. The summed E-state index contributed by atoms with van der Waals surface area (Å²) in [6, 6.07) is 9.84. The highest BCUT2D eigenvalue weighted by Crippen LogP contribution is 2.38. The summed E-state index contributed by atoms with van der Waals surface area (Å²) >= 11 is 0. The first-order valence-electron chi connectivity index (χ1n) is 9.25. The fraction of sp³-hybridized carbons (Fsp3) is 0.524. The van der Waals surface area contributed by atoms with E-state index in [0.717, 1.165) is 34.9 Å². The summed E-state index contributed by atoms with van der Waals surface area (Å²) in [5, 5.41) is 0. The number of benzene rings is 1. The number of para-hydroxylation sites is 1. The van der Waals surface area contributed by atoms with Crippen LogP contribution in [0.3, 0.4) is 0 Å². The quantitative estimate of drug-likeness (QED) is 0.749. The molecule has 0 fully saturated rings. The first kappa shape index (κ1) is 21.1. The van der Waals surface area contributed by atoms with Gasteiger partial charge in [0.25, 0.3) is 0 Å². The van der Waals surface area contributed by atoms with E-state index in [1.54, 1.807) is 0 Å². The molecule has 1 atom stereocenters. The van der Waals surface area contributed by atoms with Crippen molar-refractivity contribution in [1.29, 1.82) is 0 Å². The van der Waals surface area contributed by atoms with Crippen LogP contribution in [0.5, 0.6) is 5.75 Å². The van der Waals surface area contributed by atoms with Crippen molar-refractivity contribution in [3.05, 3.63) is 53.1 Å². The number of hydrogen-bond donors (Lipinski definition) is 0. The Morgan fingerprint density at radius 2 is 1.68 bits per heavy atom. The van der Waals surface area contributed by atoms with Crippen LogP contribution in [0.4, 0.5) is 0 Å². The van der Waals surface area contributed by atoms with Crippen molar-refractivity contribution in [2.24, 2.45) is 0 Å². The molecule has 0 amide bonds. The van der Waals surface area contributed by atoms with E-state index < -0.39 is 0 Å². The number of fused-ring (bicyclic) bond motifs is 1. The van der Waals surface area contributed by atoms with Gasteiger partial charge in [0.15, 0.2) is 0 Å². The molecule has 1 aliphatic rings. The molecular formula is C21H32N2O2. The summed E-state index contributed by atoms with van der Waals surface area (Å²) < 4.78 is 11.8. The predicted molar refractivity (Wildman–Crippen MR) is 103 cm³/mol. The number of nitrogens with zero attached hydrogens (tertiary/aromatic N) is 2. The Bertz CT molecular complexity index is 644. The maximum Gasteiger partial charge on any atom is 0.125 e. The van der Waals surface area contributed by atoms with E-state index in [2.05, 4.69) is 16.9 Å². The second-order valence-electron chi connectivity index (χ2n) is 5.61. The zero-order valence-corrected chi connectivity index (χ0v) is 16.7. The van der Waals surface area contributed by atoms with E-state index in [1.807, 2.05) is 71.9 Å². The molecule has 2 aromatic rings. The largest absolute Gasteiger partial charge is 0.493 e. The van der Waals surface area contributed by atoms with Crippen LogP contribution in [0.1, 0.15) is 63.8 Å². The topological polar surface area (TPSA) is 44.2 Å². The Hall–Kier alpha value is -1.94. The molecule has 4 heteroatoms. The van der Waals surface area contributed by atoms with Crippen molar-refractivity contribution in [3.8, 4) is 5.75 Å². The van der Waals surface area contributed by atoms with Crippen LogP contribution >= 0.6 is 0 Å². The van der Waals surface area contributed by atoms with Crippen LogP contribution in [0.25, 0.3) is 0 Å². The van der Waals surface area contributed by atoms with Crippen LogP contribution in [0.15, 0.2) is 30.3 Å². The van der Waals surface area contributed by atoms with Gasteiger partial charge in [-0.2, -0.15) is 0 Å². The van der Waals surface area contributed by atoms with Crippen molar-refractivity contribution in [2.45, 2.75) is 67.1 Å². The lowest BCUT2D eigenvalue weighted by atomic mass is 9.96. The van der Waals surface area contributed by atoms with E-state index in [-0.39, 0.29) is 5.60 Å². The molecule has 3 rings (SSSR count). The van der Waals surface area contributed by atoms with Crippen LogP contribution in [-0.4, -0.2) is 16.6 Å². The molecule has 1 unspecified atom stereocenters. The minimum absolute atomic E-state index is 0.386. The van der Waals surface area contributed by atoms with Gasteiger partial charge in [0.05, 0.1) is 18.9 Å². The predicted octanol–water partition coefficient (Wildman–Crippen LogP) is 5.36. The highest BCUT2D eigenvalue weighted by molar-refractivity contribution is 5.32. The number of ether oxygens (including phenoxy) is 2. The molecule has 0 N–H and O–H groups in total. The molecule has 0 bridgehead atoms. The summed E-state index contributed by atoms with van der Waals surface area (Å²) in [6.07, 6.45) is 0.769. The molecule has 2 heterocycles. The van der Waals surface area contributed by atoms with Gasteiger partial charge in [0.1, 0.15) is 17.2 Å². The molecular weight excluding hydrogens is 312 g/mol. The summed E-state index contributed by atoms with van der Waals surface area (Å²) in [6.45, 7) is 15.2. The third kappa shape index (κ3) is 5.27. The Morgan fingerprint density at radius 3 is 2.32 bits per heavy atom. The van der Waals surface area contributed by atoms with Crippen LogP contribution in [0, 0.1) is 13.8 Å². The number of aromatic nitrogens is 2. The average Bonchev–Trinajstić information content (AvgIpc) is 2.97. The SMILES string of the molecule is CC.CC.Cc1nc(C)c2c(n1)C(C)(CCOc1ccccc1)OC2. The van der Waals surface area contributed by atoms with Crippen molar-refractivity contribution in [1.82, 2.24) is 9.97 Å². The average molecular weight is 344 g/mol. The van der Waals surface area contributed by atoms with Gasteiger partial charge in [-0.15, -0.1) is 0 Å². The third-order valence-corrected chi connectivity index (χ3v) is 3.95. The van der Waals surface area contributed by atoms with Gasteiger partial charge in [-0.1, -0.05) is 45.9 Å². The Balaban J connectivity index is 0.000000730. The van der Waals surface area contributed by atoms with E-state index in [0.29, 0.717) is 13.2 Å². The second-order valence-corrected chi connectivity index (χ2v) is 5.61. The van der Waals surface area contributed by atoms with E-state index >= 15 is 0 Å². The van der Waals surface area contributed by atoms with Crippen molar-refractivity contribution in [3.63, 3.8) is 0 Å². The van der Waals surface area contributed by atoms with E-state index in [1.165, 1.54) is 0 Å². The smallest absolute Gasteiger partial charge is 0.125 e. The Kier molecular flexibility index (Phi) is 8.56. The van der Waals surface area contributed by atoms with Crippen molar-refractivity contribution >= 4 is 0 Å². The molecule has 0 aliphatic carbocycles. The third-order valence-electron chi connectivity index (χ3n) is 3.95. The summed E-state index contributed by atoms with van der Waals surface area (Å²) in [5.74, 6) is 1.68. The summed E-state index contributed by atoms with van der Waals surface area (Å²) in [5.41, 5.74) is 2.78. The van der Waals surface area contributed by atoms with Crippen LogP contribution in [-0.2, 0) is 16.9 Å². The Morgan fingerprint density at radius 1 is 1.04 bits per heavy atom. The Labute approximate surface area is 152 Å². The fourth-order valence-electron chi connectivity index (χ4n) is 2.72. The van der Waals surface area contributed by atoms with Gasteiger partial charge >= 0.3 is 0 Å². The van der Waals surface area contributed by atoms with Gasteiger partial charge in [-0.3, -0.25) is 0 Å². The molecule has 0 spiro atoms. The van der Waals surface area contributed by atoms with Crippen molar-refractivity contribution in [2.75, 3.05) is 6.61 Å². The first-order valence-corrected chi connectivity index (χ1v) is 9.25. The van der Waals surface area contributed by atoms with Gasteiger partial charge < -0.3 is 9.47 Å². The van der Waals surface area contributed by atoms with E-state index in [9.17, 15) is 0 Å². The van der Waals surface area contributed by atoms with Crippen LogP contribution < -0.4 is 4.74 Å². The molecule has 1 aromatic carbocycles. The van der Waals surface area contributed by atoms with Gasteiger partial charge in [0.2, 0.25) is 0 Å². The fourth-order valence-corrected chi connectivity index (χ4v) is 2.72. The monoisotopic (exact) mass is 344 g/mol. The number of hydrogen-bond acceptors (Lipinski definition) is 4. The maximum atomic E-state index is 6.00. The summed E-state index contributed by atoms with van der Waals surface area (Å²) in [4.78, 5) is 9.02.